The number of nitrogens with two attached hydrogens (primary N) is 1. The molecule has 0 radical (unpaired) electrons. The maximum atomic E-state index is 11.2. The van der Waals surface area contributed by atoms with E-state index >= 15 is 0 Å². The molecule has 17 heavy (non-hydrogen) atoms. The fraction of sp³-hybridized carbons (Fsp3) is 0.400. The van der Waals surface area contributed by atoms with Crippen molar-refractivity contribution in [2.75, 3.05) is 20.8 Å². The van der Waals surface area contributed by atoms with Crippen LogP contribution in [0, 0.1) is 0 Å². The van der Waals surface area contributed by atoms with Crippen LogP contribution < -0.4 is 15.2 Å². The molecule has 1 rings (SSSR count). The first-order valence-electron chi connectivity index (χ1n) is 4.86. The van der Waals surface area contributed by atoms with Gasteiger partial charge in [0.2, 0.25) is 0 Å². The molecule has 7 heteroatoms. The van der Waals surface area contributed by atoms with E-state index in [9.17, 15) is 8.42 Å². The molecule has 0 amide bonds. The first kappa shape index (κ1) is 13.8. The monoisotopic (exact) mass is 261 g/mol. The molecule has 0 heterocycles. The quantitative estimate of drug-likeness (QED) is 0.747. The lowest BCUT2D eigenvalue weighted by Gasteiger charge is -2.12. The molecule has 0 aromatic heterocycles. The third kappa shape index (κ3) is 3.09. The van der Waals surface area contributed by atoms with Crippen molar-refractivity contribution in [3.63, 3.8) is 0 Å². The molecule has 1 aromatic rings. The van der Waals surface area contributed by atoms with Crippen LogP contribution in [0.2, 0.25) is 0 Å². The molecule has 0 aliphatic carbocycles. The van der Waals surface area contributed by atoms with Gasteiger partial charge in [-0.25, -0.2) is 0 Å². The molecule has 0 atom stereocenters. The highest BCUT2D eigenvalue weighted by molar-refractivity contribution is 7.85. The molecule has 0 saturated carbocycles. The zero-order valence-corrected chi connectivity index (χ0v) is 10.5. The molecule has 0 aliphatic heterocycles. The van der Waals surface area contributed by atoms with Crippen LogP contribution in [0.1, 0.15) is 5.56 Å². The molecule has 0 fully saturated rings. The Morgan fingerprint density at radius 3 is 2.18 bits per heavy atom. The van der Waals surface area contributed by atoms with E-state index in [1.54, 1.807) is 0 Å². The molecule has 96 valence electrons. The molecule has 6 nitrogen and oxygen atoms in total. The second kappa shape index (κ2) is 5.35. The molecule has 3 N–H and O–H groups in total. The summed E-state index contributed by atoms with van der Waals surface area (Å²) in [5.74, 6) is 0.629. The second-order valence-electron chi connectivity index (χ2n) is 3.33. The summed E-state index contributed by atoms with van der Waals surface area (Å²) in [6, 6.07) is 2.72. The van der Waals surface area contributed by atoms with Crippen LogP contribution in [0.25, 0.3) is 0 Å². The topological polar surface area (TPSA) is 98.9 Å². The molecule has 0 aliphatic rings. The Balaban J connectivity index is 3.46. The highest BCUT2D eigenvalue weighted by Gasteiger charge is 2.19. The average molecular weight is 261 g/mol. The lowest BCUT2D eigenvalue weighted by molar-refractivity contribution is 0.353. The van der Waals surface area contributed by atoms with Crippen molar-refractivity contribution in [3.8, 4) is 11.5 Å². The van der Waals surface area contributed by atoms with Crippen molar-refractivity contribution in [1.82, 2.24) is 0 Å². The molecular weight excluding hydrogens is 246 g/mol. The zero-order valence-electron chi connectivity index (χ0n) is 9.63. The summed E-state index contributed by atoms with van der Waals surface area (Å²) >= 11 is 0. The van der Waals surface area contributed by atoms with Gasteiger partial charge in [0.15, 0.2) is 11.5 Å². The van der Waals surface area contributed by atoms with E-state index in [-0.39, 0.29) is 17.2 Å². The fourth-order valence-corrected chi connectivity index (χ4v) is 2.24. The Morgan fingerprint density at radius 1 is 1.24 bits per heavy atom. The minimum Gasteiger partial charge on any atom is -0.493 e. The highest BCUT2D eigenvalue weighted by Crippen LogP contribution is 2.32. The van der Waals surface area contributed by atoms with Crippen LogP contribution in [0.5, 0.6) is 11.5 Å². The Bertz CT molecular complexity index is 498. The average Bonchev–Trinajstić information content (AvgIpc) is 2.27. The minimum atomic E-state index is -4.30. The van der Waals surface area contributed by atoms with Gasteiger partial charge < -0.3 is 15.2 Å². The number of methoxy groups -OCH3 is 2. The van der Waals surface area contributed by atoms with Gasteiger partial charge in [-0.05, 0) is 24.6 Å². The van der Waals surface area contributed by atoms with Crippen molar-refractivity contribution < 1.29 is 22.4 Å². The summed E-state index contributed by atoms with van der Waals surface area (Å²) in [5.41, 5.74) is 5.78. The van der Waals surface area contributed by atoms with E-state index < -0.39 is 10.1 Å². The Kier molecular flexibility index (Phi) is 4.33. The van der Waals surface area contributed by atoms with Crippen molar-refractivity contribution >= 4 is 10.1 Å². The Hall–Kier alpha value is -1.31. The SMILES string of the molecule is COc1cc(CCN)c(S(=O)(=O)O)cc1OC. The van der Waals surface area contributed by atoms with Crippen molar-refractivity contribution in [1.29, 1.82) is 0 Å². The standard InChI is InChI=1S/C10H15NO5S/c1-15-8-5-7(3-4-11)10(17(12,13)14)6-9(8)16-2/h5-6H,3-4,11H2,1-2H3,(H,12,13,14). The van der Waals surface area contributed by atoms with E-state index in [4.69, 9.17) is 19.8 Å². The third-order valence-electron chi connectivity index (χ3n) is 2.26. The molecule has 1 aromatic carbocycles. The summed E-state index contributed by atoms with van der Waals surface area (Å²) in [4.78, 5) is -0.208. The lowest BCUT2D eigenvalue weighted by atomic mass is 10.1. The summed E-state index contributed by atoms with van der Waals surface area (Å²) < 4.78 is 41.6. The molecule has 0 bridgehead atoms. The lowest BCUT2D eigenvalue weighted by Crippen LogP contribution is -2.09. The van der Waals surface area contributed by atoms with Gasteiger partial charge in [-0.1, -0.05) is 0 Å². The summed E-state index contributed by atoms with van der Waals surface area (Å²) in [7, 11) is -1.48. The van der Waals surface area contributed by atoms with Gasteiger partial charge in [-0.15, -0.1) is 0 Å². The zero-order chi connectivity index (χ0) is 13.1. The van der Waals surface area contributed by atoms with Crippen molar-refractivity contribution in [2.24, 2.45) is 5.73 Å². The van der Waals surface area contributed by atoms with Crippen LogP contribution in [0.4, 0.5) is 0 Å². The highest BCUT2D eigenvalue weighted by atomic mass is 32.2. The Labute approximate surface area is 100 Å². The van der Waals surface area contributed by atoms with Gasteiger partial charge >= 0.3 is 0 Å². The van der Waals surface area contributed by atoms with E-state index in [0.717, 1.165) is 0 Å². The maximum absolute atomic E-state index is 11.2. The second-order valence-corrected chi connectivity index (χ2v) is 4.72. The number of rotatable bonds is 5. The smallest absolute Gasteiger partial charge is 0.294 e. The predicted octanol–water partition coefficient (Wildman–Crippen LogP) is 0.452. The van der Waals surface area contributed by atoms with Crippen molar-refractivity contribution in [2.45, 2.75) is 11.3 Å². The maximum Gasteiger partial charge on any atom is 0.294 e. The van der Waals surface area contributed by atoms with E-state index in [1.807, 2.05) is 0 Å². The van der Waals surface area contributed by atoms with E-state index in [1.165, 1.54) is 26.4 Å². The summed E-state index contributed by atoms with van der Waals surface area (Å²) in [5, 5.41) is 0. The normalized spacial score (nSPS) is 11.3. The van der Waals surface area contributed by atoms with Gasteiger partial charge in [-0.3, -0.25) is 4.55 Å². The van der Waals surface area contributed by atoms with E-state index in [0.29, 0.717) is 17.7 Å². The molecule has 0 saturated heterocycles. The molecular formula is C10H15NO5S. The number of hydrogen-bond acceptors (Lipinski definition) is 5. The number of hydrogen-bond donors (Lipinski definition) is 2. The summed E-state index contributed by atoms with van der Waals surface area (Å²) in [6.45, 7) is 0.262. The van der Waals surface area contributed by atoms with Gasteiger partial charge in [0, 0.05) is 6.07 Å². The first-order chi connectivity index (χ1) is 7.93. The Morgan fingerprint density at radius 2 is 1.76 bits per heavy atom. The van der Waals surface area contributed by atoms with Crippen LogP contribution >= 0.6 is 0 Å². The van der Waals surface area contributed by atoms with Crippen LogP contribution in [-0.4, -0.2) is 33.7 Å². The van der Waals surface area contributed by atoms with Gasteiger partial charge in [0.05, 0.1) is 14.2 Å². The third-order valence-corrected chi connectivity index (χ3v) is 3.19. The van der Waals surface area contributed by atoms with Crippen molar-refractivity contribution in [3.05, 3.63) is 17.7 Å². The fourth-order valence-electron chi connectivity index (χ4n) is 1.49. The first-order valence-corrected chi connectivity index (χ1v) is 6.30. The molecule has 0 spiro atoms. The molecule has 0 unspecified atom stereocenters. The summed E-state index contributed by atoms with van der Waals surface area (Å²) in [6.07, 6.45) is 0.315. The predicted molar refractivity (Wildman–Crippen MR) is 62.1 cm³/mol. The van der Waals surface area contributed by atoms with Crippen LogP contribution in [0.15, 0.2) is 17.0 Å². The van der Waals surface area contributed by atoms with E-state index in [2.05, 4.69) is 0 Å². The largest absolute Gasteiger partial charge is 0.493 e. The van der Waals surface area contributed by atoms with Gasteiger partial charge in [0.25, 0.3) is 10.1 Å². The number of ether oxygens (including phenoxy) is 2. The van der Waals surface area contributed by atoms with Crippen LogP contribution in [-0.2, 0) is 16.5 Å². The van der Waals surface area contributed by atoms with Gasteiger partial charge in [0.1, 0.15) is 4.90 Å². The van der Waals surface area contributed by atoms with Crippen LogP contribution in [0.3, 0.4) is 0 Å². The number of benzene rings is 1. The van der Waals surface area contributed by atoms with Gasteiger partial charge in [-0.2, -0.15) is 8.42 Å². The minimum absolute atomic E-state index is 0.208.